The maximum absolute atomic E-state index is 10.9. The first kappa shape index (κ1) is 13.9. The van der Waals surface area contributed by atoms with E-state index < -0.39 is 20.3 Å². The van der Waals surface area contributed by atoms with Crippen molar-refractivity contribution in [2.75, 3.05) is 0 Å². The molecule has 2 unspecified atom stereocenters. The molecule has 0 saturated carbocycles. The third kappa shape index (κ3) is 4.69. The Balaban J connectivity index is 2.68. The average molecular weight is 258 g/mol. The van der Waals surface area contributed by atoms with E-state index in [0.29, 0.717) is 6.42 Å². The Labute approximate surface area is 100.0 Å². The van der Waals surface area contributed by atoms with E-state index in [1.54, 1.807) is 6.92 Å². The fourth-order valence-corrected chi connectivity index (χ4v) is 2.16. The molecular formula is C11H15O5P. The Morgan fingerprint density at radius 3 is 2.47 bits per heavy atom. The molecule has 0 heterocycles. The van der Waals surface area contributed by atoms with Crippen LogP contribution < -0.4 is 0 Å². The van der Waals surface area contributed by atoms with Crippen molar-refractivity contribution in [2.45, 2.75) is 19.4 Å². The molecule has 5 nitrogen and oxygen atoms in total. The molecule has 0 amide bonds. The first-order valence-electron chi connectivity index (χ1n) is 5.17. The molecule has 1 rings (SSSR count). The van der Waals surface area contributed by atoms with Crippen LogP contribution in [0.5, 0.6) is 0 Å². The molecular weight excluding hydrogens is 243 g/mol. The van der Waals surface area contributed by atoms with Gasteiger partial charge < -0.3 is 10.00 Å². The van der Waals surface area contributed by atoms with Gasteiger partial charge in [0.1, 0.15) is 0 Å². The predicted molar refractivity (Wildman–Crippen MR) is 63.0 cm³/mol. The maximum atomic E-state index is 10.9. The van der Waals surface area contributed by atoms with E-state index in [0.717, 1.165) is 5.56 Å². The van der Waals surface area contributed by atoms with E-state index in [9.17, 15) is 9.36 Å². The number of benzene rings is 1. The van der Waals surface area contributed by atoms with Crippen LogP contribution >= 0.6 is 8.25 Å². The highest BCUT2D eigenvalue weighted by Crippen LogP contribution is 2.24. The van der Waals surface area contributed by atoms with Gasteiger partial charge in [-0.1, -0.05) is 37.3 Å². The molecule has 3 atom stereocenters. The van der Waals surface area contributed by atoms with Crippen molar-refractivity contribution in [3.63, 3.8) is 0 Å². The van der Waals surface area contributed by atoms with Gasteiger partial charge in [-0.05, 0) is 17.9 Å². The van der Waals surface area contributed by atoms with Gasteiger partial charge in [-0.3, -0.25) is 9.09 Å². The Kier molecular flexibility index (Phi) is 5.35. The fraction of sp³-hybridized carbons (Fsp3) is 0.364. The number of rotatable bonds is 6. The lowest BCUT2D eigenvalue weighted by Gasteiger charge is -2.19. The Hall–Kier alpha value is -1.16. The van der Waals surface area contributed by atoms with E-state index in [-0.39, 0.29) is 5.92 Å². The van der Waals surface area contributed by atoms with Crippen LogP contribution in [0, 0.1) is 5.92 Å². The Morgan fingerprint density at radius 1 is 1.41 bits per heavy atom. The molecule has 2 N–H and O–H groups in total. The third-order valence-electron chi connectivity index (χ3n) is 2.39. The van der Waals surface area contributed by atoms with E-state index >= 15 is 0 Å². The quantitative estimate of drug-likeness (QED) is 0.759. The number of aliphatic carboxylic acids is 1. The minimum atomic E-state index is -3.24. The molecule has 0 saturated heterocycles. The van der Waals surface area contributed by atoms with E-state index in [1.807, 2.05) is 30.3 Å². The monoisotopic (exact) mass is 258 g/mol. The van der Waals surface area contributed by atoms with Crippen molar-refractivity contribution in [1.29, 1.82) is 0 Å². The fourth-order valence-electron chi connectivity index (χ4n) is 1.61. The summed E-state index contributed by atoms with van der Waals surface area (Å²) in [6.45, 7) is 1.68. The van der Waals surface area contributed by atoms with Gasteiger partial charge in [-0.2, -0.15) is 0 Å². The van der Waals surface area contributed by atoms with Crippen LogP contribution in [0.3, 0.4) is 0 Å². The molecule has 0 aliphatic carbocycles. The van der Waals surface area contributed by atoms with Gasteiger partial charge in [-0.25, -0.2) is 4.79 Å². The first-order chi connectivity index (χ1) is 8.00. The summed E-state index contributed by atoms with van der Waals surface area (Å²) >= 11 is 0. The van der Waals surface area contributed by atoms with Crippen molar-refractivity contribution in [3.8, 4) is 0 Å². The highest BCUT2D eigenvalue weighted by atomic mass is 31.1. The molecule has 0 aliphatic rings. The molecule has 1 aromatic carbocycles. The summed E-state index contributed by atoms with van der Waals surface area (Å²) in [5, 5.41) is 8.91. The van der Waals surface area contributed by atoms with Gasteiger partial charge in [0, 0.05) is 0 Å². The van der Waals surface area contributed by atoms with Gasteiger partial charge in [0.15, 0.2) is 6.10 Å². The van der Waals surface area contributed by atoms with E-state index in [2.05, 4.69) is 4.52 Å². The molecule has 0 fully saturated rings. The number of hydrogen-bond acceptors (Lipinski definition) is 3. The molecule has 0 spiro atoms. The summed E-state index contributed by atoms with van der Waals surface area (Å²) in [7, 11) is -3.24. The van der Waals surface area contributed by atoms with Crippen LogP contribution in [0.25, 0.3) is 0 Å². The average Bonchev–Trinajstić information content (AvgIpc) is 2.26. The highest BCUT2D eigenvalue weighted by molar-refractivity contribution is 7.32. The Bertz CT molecular complexity index is 392. The Morgan fingerprint density at radius 2 is 2.00 bits per heavy atom. The highest BCUT2D eigenvalue weighted by Gasteiger charge is 2.27. The van der Waals surface area contributed by atoms with Crippen LogP contribution in [-0.2, 0) is 20.3 Å². The number of carbonyl (C=O) groups is 1. The van der Waals surface area contributed by atoms with Crippen molar-refractivity contribution < 1.29 is 23.9 Å². The van der Waals surface area contributed by atoms with Crippen molar-refractivity contribution in [2.24, 2.45) is 5.92 Å². The van der Waals surface area contributed by atoms with Crippen LogP contribution in [0.1, 0.15) is 12.5 Å². The molecule has 94 valence electrons. The summed E-state index contributed by atoms with van der Waals surface area (Å²) in [5.41, 5.74) is 0.965. The molecule has 17 heavy (non-hydrogen) atoms. The summed E-state index contributed by atoms with van der Waals surface area (Å²) in [6.07, 6.45) is -0.779. The van der Waals surface area contributed by atoms with Crippen molar-refractivity contribution >= 4 is 14.2 Å². The van der Waals surface area contributed by atoms with Gasteiger partial charge >= 0.3 is 14.2 Å². The zero-order chi connectivity index (χ0) is 12.8. The second-order valence-corrected chi connectivity index (χ2v) is 4.58. The van der Waals surface area contributed by atoms with Crippen molar-refractivity contribution in [3.05, 3.63) is 35.9 Å². The smallest absolute Gasteiger partial charge is 0.333 e. The topological polar surface area (TPSA) is 83.8 Å². The molecule has 1 aromatic rings. The molecule has 0 bridgehead atoms. The first-order valence-corrected chi connectivity index (χ1v) is 6.43. The lowest BCUT2D eigenvalue weighted by molar-refractivity contribution is -0.147. The maximum Gasteiger partial charge on any atom is 0.333 e. The van der Waals surface area contributed by atoms with Gasteiger partial charge in [0.2, 0.25) is 0 Å². The standard InChI is InChI=1S/C11H15O5P/c1-8(7-9-5-3-2-4-6-9)10(11(12)13)16-17(14)15/h2-6,8,10,17H,7H2,1H3,(H,12,13)(H,14,15)/t8?,10-/m0/s1. The lowest BCUT2D eigenvalue weighted by atomic mass is 9.96. The SMILES string of the molecule is CC(Cc1ccccc1)[C@H](O[PH](=O)O)C(=O)O. The number of carboxylic acids is 1. The number of hydrogen-bond donors (Lipinski definition) is 2. The van der Waals surface area contributed by atoms with Crippen LogP contribution in [0.4, 0.5) is 0 Å². The third-order valence-corrected chi connectivity index (χ3v) is 2.84. The lowest BCUT2D eigenvalue weighted by Crippen LogP contribution is -2.30. The minimum absolute atomic E-state index is 0.379. The van der Waals surface area contributed by atoms with Gasteiger partial charge in [0.25, 0.3) is 0 Å². The van der Waals surface area contributed by atoms with E-state index in [4.69, 9.17) is 10.00 Å². The van der Waals surface area contributed by atoms with Gasteiger partial charge in [-0.15, -0.1) is 0 Å². The summed E-state index contributed by atoms with van der Waals surface area (Å²) in [5.74, 6) is -1.60. The zero-order valence-corrected chi connectivity index (χ0v) is 10.4. The minimum Gasteiger partial charge on any atom is -0.479 e. The zero-order valence-electron chi connectivity index (χ0n) is 9.37. The van der Waals surface area contributed by atoms with Gasteiger partial charge in [0.05, 0.1) is 0 Å². The normalized spacial score (nSPS) is 16.1. The molecule has 0 aromatic heterocycles. The second-order valence-electron chi connectivity index (χ2n) is 3.81. The molecule has 0 aliphatic heterocycles. The number of carboxylic acid groups (broad SMARTS) is 1. The molecule has 6 heteroatoms. The van der Waals surface area contributed by atoms with Crippen LogP contribution in [-0.4, -0.2) is 22.1 Å². The van der Waals surface area contributed by atoms with Crippen LogP contribution in [0.2, 0.25) is 0 Å². The largest absolute Gasteiger partial charge is 0.479 e. The second kappa shape index (κ2) is 6.55. The van der Waals surface area contributed by atoms with E-state index in [1.165, 1.54) is 0 Å². The molecule has 0 radical (unpaired) electrons. The summed E-state index contributed by atoms with van der Waals surface area (Å²) in [4.78, 5) is 19.6. The van der Waals surface area contributed by atoms with Crippen LogP contribution in [0.15, 0.2) is 30.3 Å². The predicted octanol–water partition coefficient (Wildman–Crippen LogP) is 1.72. The van der Waals surface area contributed by atoms with Crippen molar-refractivity contribution in [1.82, 2.24) is 0 Å². The summed E-state index contributed by atoms with van der Waals surface area (Å²) in [6, 6.07) is 9.32. The summed E-state index contributed by atoms with van der Waals surface area (Å²) < 4.78 is 15.1.